The number of nitrogens with zero attached hydrogens (tertiary/aromatic N) is 1. The number of aromatic nitrogens is 1. The van der Waals surface area contributed by atoms with E-state index in [1.807, 2.05) is 48.5 Å². The van der Waals surface area contributed by atoms with Crippen molar-refractivity contribution in [3.63, 3.8) is 0 Å². The molecule has 0 bridgehead atoms. The van der Waals surface area contributed by atoms with Crippen molar-refractivity contribution in [2.24, 2.45) is 0 Å². The molecule has 3 aromatic carbocycles. The van der Waals surface area contributed by atoms with Gasteiger partial charge in [-0.1, -0.05) is 48.5 Å². The number of pyridine rings is 1. The van der Waals surface area contributed by atoms with Gasteiger partial charge in [0, 0.05) is 42.8 Å². The van der Waals surface area contributed by atoms with Crippen LogP contribution in [0.1, 0.15) is 21.5 Å². The standard InChI is InChI=1S/C26H25N3O5S/c1-29(17-18-8-4-3-5-9-18)35(32,33)20-12-13-23-21(14-20)25(30)22(16-27-23)26(31)28-15-19-10-6-7-11-24(19)34-2/h3-14,16H,15,17H2,1-2H3,(H,27,30)(H,28,31). The molecule has 0 spiro atoms. The lowest BCUT2D eigenvalue weighted by Gasteiger charge is -2.17. The molecule has 4 aromatic rings. The molecule has 2 N–H and O–H groups in total. The Morgan fingerprint density at radius 2 is 1.74 bits per heavy atom. The maximum atomic E-state index is 13.2. The van der Waals surface area contributed by atoms with Gasteiger partial charge in [-0.3, -0.25) is 9.59 Å². The van der Waals surface area contributed by atoms with Crippen molar-refractivity contribution >= 4 is 26.8 Å². The van der Waals surface area contributed by atoms with Gasteiger partial charge in [0.05, 0.1) is 12.0 Å². The summed E-state index contributed by atoms with van der Waals surface area (Å²) in [5.41, 5.74) is 1.36. The number of carbonyl (C=O) groups excluding carboxylic acids is 1. The number of benzene rings is 3. The smallest absolute Gasteiger partial charge is 0.257 e. The van der Waals surface area contributed by atoms with Gasteiger partial charge in [-0.2, -0.15) is 4.31 Å². The fraction of sp³-hybridized carbons (Fsp3) is 0.154. The number of aromatic amines is 1. The van der Waals surface area contributed by atoms with Crippen molar-refractivity contribution in [2.45, 2.75) is 18.0 Å². The molecule has 0 aliphatic rings. The first-order valence-corrected chi connectivity index (χ1v) is 12.3. The summed E-state index contributed by atoms with van der Waals surface area (Å²) >= 11 is 0. The second-order valence-corrected chi connectivity index (χ2v) is 10.0. The summed E-state index contributed by atoms with van der Waals surface area (Å²) in [4.78, 5) is 28.8. The van der Waals surface area contributed by atoms with Gasteiger partial charge in [-0.15, -0.1) is 0 Å². The Labute approximate surface area is 203 Å². The number of sulfonamides is 1. The lowest BCUT2D eigenvalue weighted by atomic mass is 10.1. The van der Waals surface area contributed by atoms with Crippen LogP contribution in [0.15, 0.2) is 88.7 Å². The molecular formula is C26H25N3O5S. The number of nitrogens with one attached hydrogen (secondary N) is 2. The van der Waals surface area contributed by atoms with Gasteiger partial charge < -0.3 is 15.0 Å². The van der Waals surface area contributed by atoms with E-state index in [0.29, 0.717) is 11.3 Å². The average Bonchev–Trinajstić information content (AvgIpc) is 2.88. The van der Waals surface area contributed by atoms with E-state index in [1.165, 1.54) is 42.9 Å². The molecule has 0 atom stereocenters. The second-order valence-electron chi connectivity index (χ2n) is 7.98. The Hall–Kier alpha value is -3.95. The lowest BCUT2D eigenvalue weighted by Crippen LogP contribution is -2.29. The van der Waals surface area contributed by atoms with Crippen molar-refractivity contribution in [2.75, 3.05) is 14.2 Å². The van der Waals surface area contributed by atoms with Crippen molar-refractivity contribution in [1.29, 1.82) is 0 Å². The molecule has 0 saturated heterocycles. The number of fused-ring (bicyclic) bond motifs is 1. The number of hydrogen-bond donors (Lipinski definition) is 2. The average molecular weight is 492 g/mol. The highest BCUT2D eigenvalue weighted by molar-refractivity contribution is 7.89. The third-order valence-electron chi connectivity index (χ3n) is 5.69. The van der Waals surface area contributed by atoms with Gasteiger partial charge in [0.1, 0.15) is 11.3 Å². The first-order chi connectivity index (χ1) is 16.8. The molecule has 1 heterocycles. The van der Waals surface area contributed by atoms with Crippen LogP contribution in [0.5, 0.6) is 5.75 Å². The summed E-state index contributed by atoms with van der Waals surface area (Å²) in [6, 6.07) is 20.7. The van der Waals surface area contributed by atoms with Crippen LogP contribution < -0.4 is 15.5 Å². The number of H-pyrrole nitrogens is 1. The van der Waals surface area contributed by atoms with Gasteiger partial charge in [-0.05, 0) is 29.8 Å². The number of carbonyl (C=O) groups is 1. The largest absolute Gasteiger partial charge is 0.496 e. The number of hydrogen-bond acceptors (Lipinski definition) is 5. The number of para-hydroxylation sites is 1. The molecule has 9 heteroatoms. The van der Waals surface area contributed by atoms with Crippen LogP contribution in [0, 0.1) is 0 Å². The molecule has 1 aromatic heterocycles. The maximum absolute atomic E-state index is 13.2. The van der Waals surface area contributed by atoms with E-state index in [9.17, 15) is 18.0 Å². The SMILES string of the molecule is COc1ccccc1CNC(=O)c1c[nH]c2ccc(S(=O)(=O)N(C)Cc3ccccc3)cc2c1=O. The Morgan fingerprint density at radius 3 is 2.49 bits per heavy atom. The fourth-order valence-corrected chi connectivity index (χ4v) is 4.94. The first-order valence-electron chi connectivity index (χ1n) is 10.9. The zero-order valence-electron chi connectivity index (χ0n) is 19.3. The topological polar surface area (TPSA) is 109 Å². The Bertz CT molecular complexity index is 1530. The second kappa shape index (κ2) is 10.1. The zero-order valence-corrected chi connectivity index (χ0v) is 20.1. The zero-order chi connectivity index (χ0) is 25.0. The van der Waals surface area contributed by atoms with E-state index < -0.39 is 21.4 Å². The van der Waals surface area contributed by atoms with E-state index in [0.717, 1.165) is 11.1 Å². The minimum Gasteiger partial charge on any atom is -0.496 e. The molecule has 180 valence electrons. The number of amides is 1. The molecule has 0 aliphatic carbocycles. The Kier molecular flexibility index (Phi) is 6.99. The van der Waals surface area contributed by atoms with Gasteiger partial charge in [0.2, 0.25) is 15.5 Å². The number of rotatable bonds is 8. The van der Waals surface area contributed by atoms with Crippen molar-refractivity contribution in [1.82, 2.24) is 14.6 Å². The highest BCUT2D eigenvalue weighted by Gasteiger charge is 2.22. The Morgan fingerprint density at radius 1 is 1.03 bits per heavy atom. The highest BCUT2D eigenvalue weighted by Crippen LogP contribution is 2.21. The molecule has 0 radical (unpaired) electrons. The van der Waals surface area contributed by atoms with Crippen LogP contribution in [0.4, 0.5) is 0 Å². The minimum absolute atomic E-state index is 0.0273. The van der Waals surface area contributed by atoms with Crippen LogP contribution in [0.25, 0.3) is 10.9 Å². The van der Waals surface area contributed by atoms with Crippen molar-refractivity contribution < 1.29 is 17.9 Å². The third-order valence-corrected chi connectivity index (χ3v) is 7.48. The quantitative estimate of drug-likeness (QED) is 0.393. The number of ether oxygens (including phenoxy) is 1. The molecule has 35 heavy (non-hydrogen) atoms. The van der Waals surface area contributed by atoms with Crippen molar-refractivity contribution in [3.8, 4) is 5.75 Å². The van der Waals surface area contributed by atoms with Gasteiger partial charge >= 0.3 is 0 Å². The normalized spacial score (nSPS) is 11.5. The van der Waals surface area contributed by atoms with Gasteiger partial charge in [0.25, 0.3) is 5.91 Å². The summed E-state index contributed by atoms with van der Waals surface area (Å²) < 4.78 is 32.8. The van der Waals surface area contributed by atoms with Crippen molar-refractivity contribution in [3.05, 3.63) is 106 Å². The fourth-order valence-electron chi connectivity index (χ4n) is 3.75. The number of methoxy groups -OCH3 is 1. The molecule has 1 amide bonds. The Balaban J connectivity index is 1.61. The van der Waals surface area contributed by atoms with E-state index in [-0.39, 0.29) is 28.9 Å². The molecule has 8 nitrogen and oxygen atoms in total. The van der Waals surface area contributed by atoms with Crippen LogP contribution in [0.2, 0.25) is 0 Å². The third kappa shape index (κ3) is 5.11. The van der Waals surface area contributed by atoms with Gasteiger partial charge in [0.15, 0.2) is 0 Å². The predicted octanol–water partition coefficient (Wildman–Crippen LogP) is 3.29. The lowest BCUT2D eigenvalue weighted by molar-refractivity contribution is 0.0949. The summed E-state index contributed by atoms with van der Waals surface area (Å²) in [5, 5.41) is 2.84. The summed E-state index contributed by atoms with van der Waals surface area (Å²) in [6.45, 7) is 0.349. The predicted molar refractivity (Wildman–Crippen MR) is 134 cm³/mol. The van der Waals surface area contributed by atoms with Gasteiger partial charge in [-0.25, -0.2) is 8.42 Å². The van der Waals surface area contributed by atoms with Crippen LogP contribution in [0.3, 0.4) is 0 Å². The van der Waals surface area contributed by atoms with E-state index in [1.54, 1.807) is 6.07 Å². The molecule has 0 aliphatic heterocycles. The van der Waals surface area contributed by atoms with Crippen LogP contribution >= 0.6 is 0 Å². The molecule has 0 saturated carbocycles. The highest BCUT2D eigenvalue weighted by atomic mass is 32.2. The molecule has 0 fully saturated rings. The summed E-state index contributed by atoms with van der Waals surface area (Å²) in [7, 11) is -0.842. The monoisotopic (exact) mass is 491 g/mol. The van der Waals surface area contributed by atoms with Crippen LogP contribution in [-0.2, 0) is 23.1 Å². The summed E-state index contributed by atoms with van der Waals surface area (Å²) in [6.07, 6.45) is 1.33. The first kappa shape index (κ1) is 24.2. The van der Waals surface area contributed by atoms with E-state index in [2.05, 4.69) is 10.3 Å². The van der Waals surface area contributed by atoms with E-state index >= 15 is 0 Å². The maximum Gasteiger partial charge on any atom is 0.257 e. The molecule has 0 unspecified atom stereocenters. The van der Waals surface area contributed by atoms with E-state index in [4.69, 9.17) is 4.74 Å². The molecule has 4 rings (SSSR count). The summed E-state index contributed by atoms with van der Waals surface area (Å²) in [5.74, 6) is 0.0446. The van der Waals surface area contributed by atoms with Crippen LogP contribution in [-0.4, -0.2) is 37.8 Å². The minimum atomic E-state index is -3.87. The molecular weight excluding hydrogens is 466 g/mol.